The van der Waals surface area contributed by atoms with E-state index in [-0.39, 0.29) is 35.1 Å². The third kappa shape index (κ3) is 4.56. The fourth-order valence-electron chi connectivity index (χ4n) is 3.67. The van der Waals surface area contributed by atoms with Crippen molar-refractivity contribution in [1.82, 2.24) is 5.32 Å². The summed E-state index contributed by atoms with van der Waals surface area (Å²) in [5.74, 6) is -3.05. The van der Waals surface area contributed by atoms with Crippen LogP contribution >= 0.6 is 23.2 Å². The maximum atomic E-state index is 13.5. The normalized spacial score (nSPS) is 17.1. The van der Waals surface area contributed by atoms with Gasteiger partial charge < -0.3 is 15.2 Å². The van der Waals surface area contributed by atoms with Crippen molar-refractivity contribution in [1.29, 1.82) is 0 Å². The number of nitrogens with one attached hydrogen (secondary N) is 1. The van der Waals surface area contributed by atoms with Gasteiger partial charge in [-0.05, 0) is 37.6 Å². The number of hydrogen-bond donors (Lipinski definition) is 2. The van der Waals surface area contributed by atoms with E-state index in [9.17, 15) is 24.3 Å². The molecule has 32 heavy (non-hydrogen) atoms. The summed E-state index contributed by atoms with van der Waals surface area (Å²) in [6.07, 6.45) is -0.290. The Morgan fingerprint density at radius 2 is 1.84 bits per heavy atom. The number of carboxylic acid groups (broad SMARTS) is 1. The molecule has 1 unspecified atom stereocenters. The fraction of sp³-hybridized carbons (Fsp3) is 0.273. The van der Waals surface area contributed by atoms with E-state index < -0.39 is 35.8 Å². The summed E-state index contributed by atoms with van der Waals surface area (Å²) in [6.45, 7) is 1.22. The molecule has 0 radical (unpaired) electrons. The highest BCUT2D eigenvalue weighted by Gasteiger charge is 2.52. The van der Waals surface area contributed by atoms with Gasteiger partial charge >= 0.3 is 11.9 Å². The number of aliphatic carboxylic acids is 1. The van der Waals surface area contributed by atoms with Crippen LogP contribution in [0.4, 0.5) is 5.69 Å². The molecule has 0 aliphatic carbocycles. The smallest absolute Gasteiger partial charge is 0.323 e. The second kappa shape index (κ2) is 9.58. The third-order valence-corrected chi connectivity index (χ3v) is 5.82. The van der Waals surface area contributed by atoms with E-state index in [0.29, 0.717) is 11.3 Å². The van der Waals surface area contributed by atoms with Crippen LogP contribution in [0.25, 0.3) is 0 Å². The molecule has 0 spiro atoms. The highest BCUT2D eigenvalue weighted by molar-refractivity contribution is 6.42. The van der Waals surface area contributed by atoms with Gasteiger partial charge in [-0.2, -0.15) is 0 Å². The summed E-state index contributed by atoms with van der Waals surface area (Å²) in [5, 5.41) is 12.5. The number of esters is 1. The molecule has 0 saturated carbocycles. The van der Waals surface area contributed by atoms with E-state index in [1.54, 1.807) is 31.2 Å². The number of benzene rings is 2. The van der Waals surface area contributed by atoms with Crippen LogP contribution in [0, 0.1) is 0 Å². The second-order valence-electron chi connectivity index (χ2n) is 7.10. The molecule has 0 fully saturated rings. The number of halogens is 2. The number of hydrogen-bond acceptors (Lipinski definition) is 5. The number of carboxylic acids is 1. The molecule has 0 bridgehead atoms. The molecule has 0 aromatic heterocycles. The molecule has 0 saturated heterocycles. The number of nitrogens with zero attached hydrogens (tertiary/aromatic N) is 1. The van der Waals surface area contributed by atoms with E-state index in [1.165, 1.54) is 18.2 Å². The lowest BCUT2D eigenvalue weighted by Gasteiger charge is -2.30. The lowest BCUT2D eigenvalue weighted by atomic mass is 9.86. The molecule has 10 heteroatoms. The fourth-order valence-corrected chi connectivity index (χ4v) is 3.97. The van der Waals surface area contributed by atoms with E-state index in [2.05, 4.69) is 5.32 Å². The number of rotatable bonds is 8. The minimum atomic E-state index is -1.66. The summed E-state index contributed by atoms with van der Waals surface area (Å²) in [6, 6.07) is 10.8. The molecule has 2 aromatic rings. The van der Waals surface area contributed by atoms with Gasteiger partial charge in [-0.1, -0.05) is 41.4 Å². The quantitative estimate of drug-likeness (QED) is 0.562. The van der Waals surface area contributed by atoms with E-state index in [4.69, 9.17) is 27.9 Å². The number of para-hydroxylation sites is 1. The Morgan fingerprint density at radius 3 is 2.50 bits per heavy atom. The van der Waals surface area contributed by atoms with Crippen LogP contribution in [0.3, 0.4) is 0 Å². The molecule has 1 aliphatic rings. The average molecular weight is 479 g/mol. The zero-order valence-electron chi connectivity index (χ0n) is 17.1. The molecule has 8 nitrogen and oxygen atoms in total. The van der Waals surface area contributed by atoms with Gasteiger partial charge in [0, 0.05) is 17.5 Å². The predicted octanol–water partition coefficient (Wildman–Crippen LogP) is 3.39. The highest BCUT2D eigenvalue weighted by Crippen LogP contribution is 2.43. The van der Waals surface area contributed by atoms with Crippen LogP contribution < -0.4 is 10.2 Å². The molecule has 168 valence electrons. The molecule has 2 amide bonds. The minimum absolute atomic E-state index is 0.120. The molecule has 2 N–H and O–H groups in total. The maximum absolute atomic E-state index is 13.5. The van der Waals surface area contributed by atoms with Gasteiger partial charge in [0.05, 0.1) is 22.3 Å². The first kappa shape index (κ1) is 23.6. The molecule has 2 aromatic carbocycles. The number of carbonyl (C=O) groups excluding carboxylic acids is 3. The summed E-state index contributed by atoms with van der Waals surface area (Å²) < 4.78 is 4.98. The van der Waals surface area contributed by atoms with E-state index in [0.717, 1.165) is 4.90 Å². The number of fused-ring (bicyclic) bond motifs is 1. The first-order valence-electron chi connectivity index (χ1n) is 9.76. The molecular weight excluding hydrogens is 459 g/mol. The van der Waals surface area contributed by atoms with Gasteiger partial charge in [0.25, 0.3) is 11.8 Å². The minimum Gasteiger partial charge on any atom is -0.480 e. The van der Waals surface area contributed by atoms with Gasteiger partial charge in [-0.15, -0.1) is 0 Å². The molecule has 3 rings (SSSR count). The van der Waals surface area contributed by atoms with Crippen LogP contribution in [0.5, 0.6) is 0 Å². The third-order valence-electron chi connectivity index (χ3n) is 5.08. The number of carbonyl (C=O) groups is 4. The molecular formula is C22H20Cl2N2O6. The largest absolute Gasteiger partial charge is 0.480 e. The monoisotopic (exact) mass is 478 g/mol. The molecule has 1 atom stereocenters. The Labute approximate surface area is 194 Å². The van der Waals surface area contributed by atoms with Gasteiger partial charge in [0.2, 0.25) is 0 Å². The van der Waals surface area contributed by atoms with Crippen LogP contribution in [0.2, 0.25) is 10.0 Å². The van der Waals surface area contributed by atoms with Gasteiger partial charge in [-0.25, -0.2) is 0 Å². The second-order valence-corrected chi connectivity index (χ2v) is 7.91. The lowest BCUT2D eigenvalue weighted by Crippen LogP contribution is -2.54. The van der Waals surface area contributed by atoms with Crippen molar-refractivity contribution in [3.63, 3.8) is 0 Å². The number of anilines is 1. The average Bonchev–Trinajstić information content (AvgIpc) is 2.97. The zero-order chi connectivity index (χ0) is 23.5. The zero-order valence-corrected chi connectivity index (χ0v) is 18.6. The van der Waals surface area contributed by atoms with Crippen LogP contribution in [0.15, 0.2) is 42.5 Å². The van der Waals surface area contributed by atoms with Crippen molar-refractivity contribution in [2.24, 2.45) is 0 Å². The first-order valence-corrected chi connectivity index (χ1v) is 10.5. The highest BCUT2D eigenvalue weighted by atomic mass is 35.5. The standard InChI is InChI=1S/C22H20Cl2N2O6/c1-2-32-19(29)9-10-22(25-20(30)13-7-8-15(23)16(24)11-13)14-5-3-4-6-17(14)26(21(22)31)12-18(27)28/h3-8,11H,2,9-10,12H2,1H3,(H,25,30)(H,27,28). The summed E-state index contributed by atoms with van der Waals surface area (Å²) in [5.41, 5.74) is -0.777. The summed E-state index contributed by atoms with van der Waals surface area (Å²) in [7, 11) is 0. The van der Waals surface area contributed by atoms with Crippen molar-refractivity contribution < 1.29 is 29.0 Å². The lowest BCUT2D eigenvalue weighted by molar-refractivity contribution is -0.144. The number of amides is 2. The summed E-state index contributed by atoms with van der Waals surface area (Å²) in [4.78, 5) is 51.2. The van der Waals surface area contributed by atoms with Crippen molar-refractivity contribution in [3.8, 4) is 0 Å². The van der Waals surface area contributed by atoms with E-state index >= 15 is 0 Å². The van der Waals surface area contributed by atoms with Gasteiger partial charge in [0.15, 0.2) is 0 Å². The Morgan fingerprint density at radius 1 is 1.12 bits per heavy atom. The van der Waals surface area contributed by atoms with Crippen molar-refractivity contribution in [2.75, 3.05) is 18.1 Å². The van der Waals surface area contributed by atoms with Gasteiger partial charge in [-0.3, -0.25) is 24.1 Å². The number of ether oxygens (including phenoxy) is 1. The van der Waals surface area contributed by atoms with Crippen LogP contribution in [0.1, 0.15) is 35.7 Å². The predicted molar refractivity (Wildman–Crippen MR) is 118 cm³/mol. The summed E-state index contributed by atoms with van der Waals surface area (Å²) >= 11 is 11.9. The van der Waals surface area contributed by atoms with Gasteiger partial charge in [0.1, 0.15) is 12.1 Å². The first-order chi connectivity index (χ1) is 15.2. The van der Waals surface area contributed by atoms with Crippen LogP contribution in [-0.4, -0.2) is 42.0 Å². The Hall–Kier alpha value is -3.10. The molecule has 1 aliphatic heterocycles. The van der Waals surface area contributed by atoms with Crippen molar-refractivity contribution >= 4 is 52.6 Å². The Balaban J connectivity index is 2.05. The SMILES string of the molecule is CCOC(=O)CCC1(NC(=O)c2ccc(Cl)c(Cl)c2)C(=O)N(CC(=O)O)c2ccccc21. The Kier molecular flexibility index (Phi) is 7.06. The molecule has 1 heterocycles. The van der Waals surface area contributed by atoms with Crippen molar-refractivity contribution in [2.45, 2.75) is 25.3 Å². The van der Waals surface area contributed by atoms with Crippen LogP contribution in [-0.2, 0) is 24.7 Å². The van der Waals surface area contributed by atoms with E-state index in [1.807, 2.05) is 0 Å². The maximum Gasteiger partial charge on any atom is 0.323 e. The Bertz CT molecular complexity index is 1090. The van der Waals surface area contributed by atoms with Crippen molar-refractivity contribution in [3.05, 3.63) is 63.6 Å². The topological polar surface area (TPSA) is 113 Å².